The minimum atomic E-state index is -3.57. The summed E-state index contributed by atoms with van der Waals surface area (Å²) in [4.78, 5) is 0. The molecule has 0 heterocycles. The summed E-state index contributed by atoms with van der Waals surface area (Å²) in [6, 6.07) is 7.20. The first kappa shape index (κ1) is 15.6. The molecule has 0 saturated heterocycles. The third-order valence-corrected chi connectivity index (χ3v) is 5.13. The molecule has 0 saturated carbocycles. The van der Waals surface area contributed by atoms with Crippen LogP contribution in [-0.4, -0.2) is 34.6 Å². The number of benzene rings is 1. The van der Waals surface area contributed by atoms with E-state index in [4.69, 9.17) is 0 Å². The first-order chi connectivity index (χ1) is 8.18. The van der Waals surface area contributed by atoms with Gasteiger partial charge in [0.05, 0.1) is 11.5 Å². The van der Waals surface area contributed by atoms with Crippen LogP contribution in [0.25, 0.3) is 0 Å². The van der Waals surface area contributed by atoms with Gasteiger partial charge in [0, 0.05) is 17.3 Å². The molecule has 0 aliphatic carbocycles. The van der Waals surface area contributed by atoms with Crippen LogP contribution in [0.4, 0.5) is 0 Å². The van der Waals surface area contributed by atoms with Crippen LogP contribution in [0.3, 0.4) is 0 Å². The lowest BCUT2D eigenvalue weighted by atomic mass is 10.2. The van der Waals surface area contributed by atoms with Gasteiger partial charge < -0.3 is 0 Å². The van der Waals surface area contributed by atoms with Crippen molar-refractivity contribution in [2.24, 2.45) is 0 Å². The molecule has 1 aromatic rings. The molecule has 0 aliphatic rings. The van der Waals surface area contributed by atoms with E-state index in [1.165, 1.54) is 0 Å². The number of sulfonamides is 1. The van der Waals surface area contributed by atoms with Gasteiger partial charge in [-0.05, 0) is 17.7 Å². The lowest BCUT2D eigenvalue weighted by Crippen LogP contribution is -2.29. The molecule has 0 fully saturated rings. The maximum Gasteiger partial charge on any atom is 0.212 e. The number of sulfone groups is 1. The van der Waals surface area contributed by atoms with Gasteiger partial charge >= 0.3 is 0 Å². The molecule has 5 nitrogen and oxygen atoms in total. The van der Waals surface area contributed by atoms with Crippen LogP contribution < -0.4 is 4.72 Å². The van der Waals surface area contributed by atoms with E-state index in [9.17, 15) is 16.8 Å². The van der Waals surface area contributed by atoms with Gasteiger partial charge in [0.25, 0.3) is 0 Å². The van der Waals surface area contributed by atoms with E-state index < -0.39 is 25.6 Å². The zero-order valence-corrected chi connectivity index (χ0v) is 13.0. The van der Waals surface area contributed by atoms with Gasteiger partial charge in [0.2, 0.25) is 10.0 Å². The van der Waals surface area contributed by atoms with Crippen LogP contribution >= 0.6 is 15.9 Å². The number of halogens is 1. The second-order valence-corrected chi connectivity index (χ2v) is 9.00. The SMILES string of the molecule is CS(=O)(=O)CCS(=O)(=O)NCc1cccc(Br)c1. The standard InChI is InChI=1S/C10H14BrNO4S2/c1-17(13,14)5-6-18(15,16)12-8-9-3-2-4-10(11)7-9/h2-4,7,12H,5-6,8H2,1H3. The van der Waals surface area contributed by atoms with Crippen LogP contribution in [0.2, 0.25) is 0 Å². The number of hydrogen-bond acceptors (Lipinski definition) is 4. The van der Waals surface area contributed by atoms with Crippen LogP contribution in [0, 0.1) is 0 Å². The normalized spacial score (nSPS) is 12.6. The first-order valence-corrected chi connectivity index (χ1v) is 9.58. The fourth-order valence-electron chi connectivity index (χ4n) is 1.17. The summed E-state index contributed by atoms with van der Waals surface area (Å²) in [6.45, 7) is 0.144. The molecule has 0 aliphatic heterocycles. The second-order valence-electron chi connectivity index (χ2n) is 3.90. The minimum Gasteiger partial charge on any atom is -0.229 e. The highest BCUT2D eigenvalue weighted by Gasteiger charge is 2.13. The highest BCUT2D eigenvalue weighted by atomic mass is 79.9. The fourth-order valence-corrected chi connectivity index (χ4v) is 4.24. The van der Waals surface area contributed by atoms with Crippen LogP contribution in [0.15, 0.2) is 28.7 Å². The second kappa shape index (κ2) is 6.14. The van der Waals surface area contributed by atoms with E-state index in [-0.39, 0.29) is 12.3 Å². The van der Waals surface area contributed by atoms with Crippen molar-refractivity contribution >= 4 is 35.8 Å². The maximum atomic E-state index is 11.5. The third-order valence-electron chi connectivity index (χ3n) is 2.11. The summed E-state index contributed by atoms with van der Waals surface area (Å²) in [5.41, 5.74) is 0.798. The molecule has 102 valence electrons. The Kier molecular flexibility index (Phi) is 5.32. The zero-order chi connectivity index (χ0) is 13.8. The van der Waals surface area contributed by atoms with Crippen molar-refractivity contribution in [1.82, 2.24) is 4.72 Å². The number of rotatable bonds is 6. The van der Waals surface area contributed by atoms with Gasteiger partial charge in [-0.15, -0.1) is 0 Å². The Morgan fingerprint density at radius 2 is 1.83 bits per heavy atom. The molecular weight excluding hydrogens is 342 g/mol. The van der Waals surface area contributed by atoms with E-state index in [1.807, 2.05) is 6.07 Å². The molecule has 0 amide bonds. The molecule has 1 aromatic carbocycles. The van der Waals surface area contributed by atoms with Gasteiger partial charge in [-0.25, -0.2) is 21.6 Å². The monoisotopic (exact) mass is 355 g/mol. The van der Waals surface area contributed by atoms with Crippen molar-refractivity contribution in [2.75, 3.05) is 17.8 Å². The van der Waals surface area contributed by atoms with E-state index in [0.717, 1.165) is 16.3 Å². The Morgan fingerprint density at radius 1 is 1.17 bits per heavy atom. The van der Waals surface area contributed by atoms with Crippen LogP contribution in [0.1, 0.15) is 5.56 Å². The van der Waals surface area contributed by atoms with Crippen molar-refractivity contribution in [2.45, 2.75) is 6.54 Å². The average molecular weight is 356 g/mol. The Hall–Kier alpha value is -0.440. The highest BCUT2D eigenvalue weighted by molar-refractivity contribution is 9.10. The Labute approximate surface area is 116 Å². The summed E-state index contributed by atoms with van der Waals surface area (Å²) < 4.78 is 48.1. The zero-order valence-electron chi connectivity index (χ0n) is 9.76. The van der Waals surface area contributed by atoms with E-state index in [0.29, 0.717) is 0 Å². The quantitative estimate of drug-likeness (QED) is 0.822. The van der Waals surface area contributed by atoms with Gasteiger partial charge in [-0.2, -0.15) is 0 Å². The molecule has 0 atom stereocenters. The van der Waals surface area contributed by atoms with E-state index in [1.54, 1.807) is 18.2 Å². The molecule has 0 unspecified atom stereocenters. The Bertz CT molecular complexity index is 611. The van der Waals surface area contributed by atoms with Crippen molar-refractivity contribution in [1.29, 1.82) is 0 Å². The molecule has 18 heavy (non-hydrogen) atoms. The number of hydrogen-bond donors (Lipinski definition) is 1. The summed E-state index contributed by atoms with van der Waals surface area (Å²) in [7, 11) is -6.84. The third kappa shape index (κ3) is 6.48. The van der Waals surface area contributed by atoms with Gasteiger partial charge in [0.15, 0.2) is 0 Å². The predicted molar refractivity (Wildman–Crippen MR) is 74.5 cm³/mol. The largest absolute Gasteiger partial charge is 0.229 e. The molecule has 1 rings (SSSR count). The lowest BCUT2D eigenvalue weighted by Gasteiger charge is -2.06. The van der Waals surface area contributed by atoms with Crippen molar-refractivity contribution in [3.05, 3.63) is 34.3 Å². The Balaban J connectivity index is 2.57. The summed E-state index contributed by atoms with van der Waals surface area (Å²) in [5.74, 6) is -0.791. The molecule has 1 N–H and O–H groups in total. The maximum absolute atomic E-state index is 11.5. The summed E-state index contributed by atoms with van der Waals surface area (Å²) in [6.07, 6.45) is 1.01. The van der Waals surface area contributed by atoms with E-state index >= 15 is 0 Å². The summed E-state index contributed by atoms with van der Waals surface area (Å²) >= 11 is 3.28. The molecule has 0 spiro atoms. The van der Waals surface area contributed by atoms with Crippen LogP contribution in [0.5, 0.6) is 0 Å². The average Bonchev–Trinajstić information content (AvgIpc) is 2.24. The van der Waals surface area contributed by atoms with E-state index in [2.05, 4.69) is 20.7 Å². The number of nitrogens with one attached hydrogen (secondary N) is 1. The molecular formula is C10H14BrNO4S2. The molecule has 0 bridgehead atoms. The van der Waals surface area contributed by atoms with Crippen LogP contribution in [-0.2, 0) is 26.4 Å². The summed E-state index contributed by atoms with van der Waals surface area (Å²) in [5, 5.41) is 0. The van der Waals surface area contributed by atoms with Crippen molar-refractivity contribution < 1.29 is 16.8 Å². The topological polar surface area (TPSA) is 80.3 Å². The molecule has 0 radical (unpaired) electrons. The molecule has 8 heteroatoms. The highest BCUT2D eigenvalue weighted by Crippen LogP contribution is 2.11. The van der Waals surface area contributed by atoms with Crippen molar-refractivity contribution in [3.63, 3.8) is 0 Å². The predicted octanol–water partition coefficient (Wildman–Crippen LogP) is 0.913. The minimum absolute atomic E-state index is 0.144. The lowest BCUT2D eigenvalue weighted by molar-refractivity contribution is 0.579. The van der Waals surface area contributed by atoms with Gasteiger partial charge in [0.1, 0.15) is 9.84 Å². The van der Waals surface area contributed by atoms with Gasteiger partial charge in [-0.1, -0.05) is 28.1 Å². The first-order valence-electron chi connectivity index (χ1n) is 5.07. The van der Waals surface area contributed by atoms with Gasteiger partial charge in [-0.3, -0.25) is 0 Å². The van der Waals surface area contributed by atoms with Crippen molar-refractivity contribution in [3.8, 4) is 0 Å². The molecule has 0 aromatic heterocycles. The fraction of sp³-hybridized carbons (Fsp3) is 0.400. The Morgan fingerprint density at radius 3 is 2.39 bits per heavy atom. The smallest absolute Gasteiger partial charge is 0.212 e.